The molecule has 6 nitrogen and oxygen atoms in total. The largest absolute Gasteiger partial charge is 0.371 e. The maximum atomic E-state index is 13.3. The van der Waals surface area contributed by atoms with Gasteiger partial charge < -0.3 is 10.2 Å². The van der Waals surface area contributed by atoms with Gasteiger partial charge in [-0.25, -0.2) is 9.37 Å². The van der Waals surface area contributed by atoms with Gasteiger partial charge in [-0.3, -0.25) is 10.1 Å². The minimum Gasteiger partial charge on any atom is -0.371 e. The van der Waals surface area contributed by atoms with Crippen molar-refractivity contribution in [3.05, 3.63) is 58.0 Å². The molecular formula is C17H19FN4O2. The molecule has 24 heavy (non-hydrogen) atoms. The summed E-state index contributed by atoms with van der Waals surface area (Å²) in [6, 6.07) is 8.59. The predicted octanol–water partition coefficient (Wildman–Crippen LogP) is 3.52. The predicted molar refractivity (Wildman–Crippen MR) is 90.9 cm³/mol. The van der Waals surface area contributed by atoms with Crippen LogP contribution >= 0.6 is 0 Å². The minimum absolute atomic E-state index is 0.0291. The van der Waals surface area contributed by atoms with Crippen molar-refractivity contribution in [2.75, 3.05) is 23.3 Å². The molecule has 2 heterocycles. The van der Waals surface area contributed by atoms with Gasteiger partial charge in [0, 0.05) is 30.4 Å². The maximum Gasteiger partial charge on any atom is 0.290 e. The number of piperidine rings is 1. The van der Waals surface area contributed by atoms with Gasteiger partial charge in [0.1, 0.15) is 17.8 Å². The third kappa shape index (κ3) is 3.61. The number of nitrogens with one attached hydrogen (secondary N) is 1. The number of rotatable bonds is 4. The van der Waals surface area contributed by atoms with E-state index in [2.05, 4.69) is 15.2 Å². The summed E-state index contributed by atoms with van der Waals surface area (Å²) < 4.78 is 13.3. The number of pyridine rings is 1. The Hall–Kier alpha value is -2.70. The molecule has 0 atom stereocenters. The summed E-state index contributed by atoms with van der Waals surface area (Å²) in [5, 5.41) is 14.2. The second kappa shape index (κ2) is 6.82. The number of halogens is 1. The van der Waals surface area contributed by atoms with Crippen molar-refractivity contribution in [1.82, 2.24) is 4.98 Å². The summed E-state index contributed by atoms with van der Waals surface area (Å²) in [5.74, 6) is 0.431. The molecule has 1 fully saturated rings. The van der Waals surface area contributed by atoms with E-state index in [1.54, 1.807) is 25.1 Å². The van der Waals surface area contributed by atoms with Gasteiger partial charge in [-0.2, -0.15) is 0 Å². The van der Waals surface area contributed by atoms with Crippen LogP contribution in [0.4, 0.5) is 21.6 Å². The third-order valence-electron chi connectivity index (χ3n) is 4.30. The van der Waals surface area contributed by atoms with Crippen molar-refractivity contribution < 1.29 is 9.31 Å². The second-order valence-electron chi connectivity index (χ2n) is 6.00. The monoisotopic (exact) mass is 330 g/mol. The molecule has 126 valence electrons. The van der Waals surface area contributed by atoms with Crippen LogP contribution in [-0.4, -0.2) is 29.0 Å². The van der Waals surface area contributed by atoms with Crippen molar-refractivity contribution >= 4 is 17.2 Å². The molecule has 0 spiro atoms. The molecule has 1 aliphatic rings. The maximum absolute atomic E-state index is 13.3. The second-order valence-corrected chi connectivity index (χ2v) is 6.00. The number of nitro groups is 1. The molecule has 0 amide bonds. The zero-order valence-corrected chi connectivity index (χ0v) is 13.4. The summed E-state index contributed by atoms with van der Waals surface area (Å²) in [7, 11) is 0. The summed E-state index contributed by atoms with van der Waals surface area (Å²) >= 11 is 0. The van der Waals surface area contributed by atoms with Crippen LogP contribution in [0, 0.1) is 22.9 Å². The lowest BCUT2D eigenvalue weighted by Gasteiger charge is -2.34. The molecule has 0 radical (unpaired) electrons. The lowest BCUT2D eigenvalue weighted by Crippen LogP contribution is -2.39. The summed E-state index contributed by atoms with van der Waals surface area (Å²) in [5.41, 5.74) is 1.52. The molecule has 1 aromatic carbocycles. The van der Waals surface area contributed by atoms with Crippen LogP contribution in [-0.2, 0) is 0 Å². The topological polar surface area (TPSA) is 71.3 Å². The number of hydrogen-bond acceptors (Lipinski definition) is 5. The van der Waals surface area contributed by atoms with Crippen LogP contribution in [0.25, 0.3) is 0 Å². The standard InChI is InChI=1S/C17H19FN4O2/c1-12-9-17(19-11-16(12)22(23)24)20-14-5-7-21(8-6-14)15-4-2-3-13(18)10-15/h2-4,9-11,14H,5-8H2,1H3,(H,19,20). The van der Waals surface area contributed by atoms with Gasteiger partial charge >= 0.3 is 0 Å². The Morgan fingerprint density at radius 1 is 1.33 bits per heavy atom. The Balaban J connectivity index is 1.59. The molecule has 0 aliphatic carbocycles. The van der Waals surface area contributed by atoms with E-state index in [0.717, 1.165) is 31.6 Å². The molecule has 1 aromatic heterocycles. The van der Waals surface area contributed by atoms with Crippen LogP contribution in [0.15, 0.2) is 36.5 Å². The first-order valence-corrected chi connectivity index (χ1v) is 7.91. The van der Waals surface area contributed by atoms with Crippen LogP contribution in [0.3, 0.4) is 0 Å². The van der Waals surface area contributed by atoms with Crippen LogP contribution < -0.4 is 10.2 Å². The lowest BCUT2D eigenvalue weighted by atomic mass is 10.0. The number of benzene rings is 1. The fraction of sp³-hybridized carbons (Fsp3) is 0.353. The zero-order valence-electron chi connectivity index (χ0n) is 13.4. The smallest absolute Gasteiger partial charge is 0.290 e. The third-order valence-corrected chi connectivity index (χ3v) is 4.30. The SMILES string of the molecule is Cc1cc(NC2CCN(c3cccc(F)c3)CC2)ncc1[N+](=O)[O-]. The molecule has 0 unspecified atom stereocenters. The highest BCUT2D eigenvalue weighted by Gasteiger charge is 2.20. The van der Waals surface area contributed by atoms with Crippen molar-refractivity contribution in [1.29, 1.82) is 0 Å². The van der Waals surface area contributed by atoms with E-state index < -0.39 is 4.92 Å². The first-order chi connectivity index (χ1) is 11.5. The van der Waals surface area contributed by atoms with Gasteiger partial charge in [-0.05, 0) is 44.0 Å². The lowest BCUT2D eigenvalue weighted by molar-refractivity contribution is -0.385. The molecular weight excluding hydrogens is 311 g/mol. The average Bonchev–Trinajstić information content (AvgIpc) is 2.55. The van der Waals surface area contributed by atoms with Crippen molar-refractivity contribution in [2.24, 2.45) is 0 Å². The quantitative estimate of drug-likeness (QED) is 0.686. The van der Waals surface area contributed by atoms with E-state index in [1.165, 1.54) is 12.3 Å². The molecule has 1 aliphatic heterocycles. The first-order valence-electron chi connectivity index (χ1n) is 7.91. The Labute approximate surface area is 139 Å². The first kappa shape index (κ1) is 16.2. The molecule has 1 N–H and O–H groups in total. The van der Waals surface area contributed by atoms with Gasteiger partial charge in [0.05, 0.1) is 4.92 Å². The van der Waals surface area contributed by atoms with Crippen LogP contribution in [0.5, 0.6) is 0 Å². The number of nitrogens with zero attached hydrogens (tertiary/aromatic N) is 3. The highest BCUT2D eigenvalue weighted by molar-refractivity contribution is 5.49. The van der Waals surface area contributed by atoms with Crippen molar-refractivity contribution in [3.8, 4) is 0 Å². The number of aromatic nitrogens is 1. The summed E-state index contributed by atoms with van der Waals surface area (Å²) in [6.07, 6.45) is 3.09. The van der Waals surface area contributed by atoms with E-state index in [-0.39, 0.29) is 17.5 Å². The Kier molecular flexibility index (Phi) is 4.59. The number of hydrogen-bond donors (Lipinski definition) is 1. The zero-order chi connectivity index (χ0) is 17.1. The molecule has 0 bridgehead atoms. The van der Waals surface area contributed by atoms with E-state index in [9.17, 15) is 14.5 Å². The van der Waals surface area contributed by atoms with E-state index >= 15 is 0 Å². The summed E-state index contributed by atoms with van der Waals surface area (Å²) in [4.78, 5) is 16.7. The van der Waals surface area contributed by atoms with Gasteiger partial charge in [-0.15, -0.1) is 0 Å². The normalized spacial score (nSPS) is 15.3. The molecule has 0 saturated carbocycles. The number of aryl methyl sites for hydroxylation is 1. The highest BCUT2D eigenvalue weighted by Crippen LogP contribution is 2.24. The van der Waals surface area contributed by atoms with Crippen LogP contribution in [0.2, 0.25) is 0 Å². The number of anilines is 2. The van der Waals surface area contributed by atoms with Gasteiger partial charge in [0.2, 0.25) is 0 Å². The highest BCUT2D eigenvalue weighted by atomic mass is 19.1. The Morgan fingerprint density at radius 2 is 2.08 bits per heavy atom. The van der Waals surface area contributed by atoms with E-state index in [1.807, 2.05) is 6.07 Å². The Bertz CT molecular complexity index is 745. The Morgan fingerprint density at radius 3 is 2.71 bits per heavy atom. The van der Waals surface area contributed by atoms with Crippen LogP contribution in [0.1, 0.15) is 18.4 Å². The molecule has 1 saturated heterocycles. The van der Waals surface area contributed by atoms with Gasteiger partial charge in [0.25, 0.3) is 5.69 Å². The van der Waals surface area contributed by atoms with Crippen molar-refractivity contribution in [2.45, 2.75) is 25.8 Å². The minimum atomic E-state index is -0.427. The molecule has 3 rings (SSSR count). The van der Waals surface area contributed by atoms with E-state index in [4.69, 9.17) is 0 Å². The molecule has 2 aromatic rings. The summed E-state index contributed by atoms with van der Waals surface area (Å²) in [6.45, 7) is 3.36. The average molecular weight is 330 g/mol. The fourth-order valence-electron chi connectivity index (χ4n) is 2.98. The fourth-order valence-corrected chi connectivity index (χ4v) is 2.98. The van der Waals surface area contributed by atoms with Gasteiger partial charge in [0.15, 0.2) is 0 Å². The van der Waals surface area contributed by atoms with Gasteiger partial charge in [-0.1, -0.05) is 6.07 Å². The molecule has 7 heteroatoms. The van der Waals surface area contributed by atoms with Crippen molar-refractivity contribution in [3.63, 3.8) is 0 Å². The van der Waals surface area contributed by atoms with E-state index in [0.29, 0.717) is 11.4 Å².